The van der Waals surface area contributed by atoms with Crippen molar-refractivity contribution in [1.82, 2.24) is 4.57 Å². The van der Waals surface area contributed by atoms with Gasteiger partial charge in [0, 0.05) is 7.11 Å². The van der Waals surface area contributed by atoms with Gasteiger partial charge in [-0.25, -0.2) is 9.13 Å². The molecule has 8 heteroatoms. The number of nitriles is 2. The Bertz CT molecular complexity index is 381. The summed E-state index contributed by atoms with van der Waals surface area (Å²) in [5.41, 5.74) is 8.31. The predicted octanol–water partition coefficient (Wildman–Crippen LogP) is -0.689. The number of methoxy groups -OCH3 is 1. The molecule has 8 nitrogen and oxygen atoms in total. The molecular formula is C12H23N6O2+. The fourth-order valence-electron chi connectivity index (χ4n) is 1.17. The van der Waals surface area contributed by atoms with Gasteiger partial charge in [-0.15, -0.1) is 0 Å². The van der Waals surface area contributed by atoms with Gasteiger partial charge in [-0.3, -0.25) is 0 Å². The summed E-state index contributed by atoms with van der Waals surface area (Å²) in [6.07, 6.45) is 8.71. The zero-order valence-electron chi connectivity index (χ0n) is 12.0. The van der Waals surface area contributed by atoms with Crippen LogP contribution in [0.25, 0.3) is 0 Å². The van der Waals surface area contributed by atoms with Crippen LogP contribution in [0.1, 0.15) is 6.92 Å². The summed E-state index contributed by atoms with van der Waals surface area (Å²) in [6.45, 7) is 6.11. The number of nitrogens with zero attached hydrogens (tertiary/aromatic N) is 4. The molecule has 0 spiro atoms. The predicted molar refractivity (Wildman–Crippen MR) is 72.6 cm³/mol. The lowest BCUT2D eigenvalue weighted by molar-refractivity contribution is -0.693. The van der Waals surface area contributed by atoms with Gasteiger partial charge in [-0.2, -0.15) is 10.5 Å². The van der Waals surface area contributed by atoms with Crippen molar-refractivity contribution in [2.75, 3.05) is 26.9 Å². The first kappa shape index (κ1) is 20.0. The molecular weight excluding hydrogens is 260 g/mol. The summed E-state index contributed by atoms with van der Waals surface area (Å²) >= 11 is 0. The zero-order valence-corrected chi connectivity index (χ0v) is 12.0. The third-order valence-corrected chi connectivity index (χ3v) is 2.04. The first-order valence-electron chi connectivity index (χ1n) is 6.00. The number of nitrogens with two attached hydrogens (primary N) is 2. The van der Waals surface area contributed by atoms with Crippen molar-refractivity contribution in [3.8, 4) is 12.4 Å². The van der Waals surface area contributed by atoms with E-state index in [9.17, 15) is 0 Å². The van der Waals surface area contributed by atoms with E-state index in [1.165, 1.54) is 12.4 Å². The average molecular weight is 283 g/mol. The van der Waals surface area contributed by atoms with E-state index in [0.29, 0.717) is 13.2 Å². The summed E-state index contributed by atoms with van der Waals surface area (Å²) in [4.78, 5) is 0. The molecule has 1 rings (SSSR count). The standard InChI is InChI=1S/C10H19N2O2.2CH2N2/c1-3-11-4-5-12(10-11)6-7-14-9-8-13-2;2*2-1-3/h4-5,10H,3,6-9H2,1-2H3;2*2H2/q+1;;. The van der Waals surface area contributed by atoms with Crippen LogP contribution in [0.15, 0.2) is 18.7 Å². The van der Waals surface area contributed by atoms with Crippen LogP contribution < -0.4 is 16.0 Å². The highest BCUT2D eigenvalue weighted by Gasteiger charge is 2.00. The Morgan fingerprint density at radius 1 is 1.20 bits per heavy atom. The average Bonchev–Trinajstić information content (AvgIpc) is 2.88. The van der Waals surface area contributed by atoms with Gasteiger partial charge in [0.2, 0.25) is 6.33 Å². The van der Waals surface area contributed by atoms with E-state index in [1.807, 2.05) is 0 Å². The Balaban J connectivity index is 0. The van der Waals surface area contributed by atoms with Crippen LogP contribution in [-0.2, 0) is 22.6 Å². The normalized spacial score (nSPS) is 8.20. The molecule has 4 N–H and O–H groups in total. The maximum absolute atomic E-state index is 7.10. The molecule has 0 radical (unpaired) electrons. The van der Waals surface area contributed by atoms with Crippen LogP contribution in [-0.4, -0.2) is 31.5 Å². The van der Waals surface area contributed by atoms with Crippen molar-refractivity contribution in [3.63, 3.8) is 0 Å². The molecule has 1 aromatic heterocycles. The summed E-state index contributed by atoms with van der Waals surface area (Å²) in [6, 6.07) is 0. The van der Waals surface area contributed by atoms with E-state index in [-0.39, 0.29) is 0 Å². The topological polar surface area (TPSA) is 127 Å². The second-order valence-electron chi connectivity index (χ2n) is 3.35. The van der Waals surface area contributed by atoms with E-state index < -0.39 is 0 Å². The van der Waals surface area contributed by atoms with Gasteiger partial charge >= 0.3 is 0 Å². The van der Waals surface area contributed by atoms with Gasteiger partial charge in [0.25, 0.3) is 0 Å². The molecule has 0 bridgehead atoms. The smallest absolute Gasteiger partial charge is 0.243 e. The fraction of sp³-hybridized carbons (Fsp3) is 0.583. The molecule has 0 fully saturated rings. The maximum Gasteiger partial charge on any atom is 0.243 e. The molecule has 1 aromatic rings. The minimum Gasteiger partial charge on any atom is -0.382 e. The maximum atomic E-state index is 7.10. The van der Waals surface area contributed by atoms with Crippen LogP contribution in [0.5, 0.6) is 0 Å². The van der Waals surface area contributed by atoms with Crippen molar-refractivity contribution in [2.24, 2.45) is 11.5 Å². The van der Waals surface area contributed by atoms with Crippen molar-refractivity contribution in [1.29, 1.82) is 10.5 Å². The highest BCUT2D eigenvalue weighted by Crippen LogP contribution is 1.86. The lowest BCUT2D eigenvalue weighted by Gasteiger charge is -2.00. The molecule has 0 amide bonds. The van der Waals surface area contributed by atoms with Gasteiger partial charge in [0.05, 0.1) is 26.4 Å². The van der Waals surface area contributed by atoms with Crippen LogP contribution in [0.3, 0.4) is 0 Å². The Labute approximate surface area is 119 Å². The molecule has 20 heavy (non-hydrogen) atoms. The number of hydrogen-bond donors (Lipinski definition) is 2. The fourth-order valence-corrected chi connectivity index (χ4v) is 1.17. The molecule has 112 valence electrons. The monoisotopic (exact) mass is 283 g/mol. The third-order valence-electron chi connectivity index (χ3n) is 2.04. The van der Waals surface area contributed by atoms with Crippen LogP contribution in [0.2, 0.25) is 0 Å². The Kier molecular flexibility index (Phi) is 16.7. The molecule has 0 atom stereocenters. The highest BCUT2D eigenvalue weighted by molar-refractivity contribution is 4.65. The summed E-state index contributed by atoms with van der Waals surface area (Å²) < 4.78 is 14.5. The van der Waals surface area contributed by atoms with Crippen molar-refractivity contribution < 1.29 is 14.0 Å². The molecule has 0 aliphatic carbocycles. The summed E-state index contributed by atoms with van der Waals surface area (Å²) in [5.74, 6) is 0. The van der Waals surface area contributed by atoms with Crippen molar-refractivity contribution in [2.45, 2.75) is 20.0 Å². The van der Waals surface area contributed by atoms with Crippen molar-refractivity contribution >= 4 is 0 Å². The molecule has 0 aromatic carbocycles. The minimum absolute atomic E-state index is 0.667. The number of aryl methyl sites for hydroxylation is 1. The van der Waals surface area contributed by atoms with Crippen LogP contribution in [0.4, 0.5) is 0 Å². The van der Waals surface area contributed by atoms with Gasteiger partial charge in [-0.05, 0) is 6.92 Å². The number of hydrogen-bond acceptors (Lipinski definition) is 6. The molecule has 0 aliphatic rings. The van der Waals surface area contributed by atoms with E-state index in [2.05, 4.69) is 46.2 Å². The summed E-state index contributed by atoms with van der Waals surface area (Å²) in [7, 11) is 1.68. The minimum atomic E-state index is 0.667. The van der Waals surface area contributed by atoms with Crippen LogP contribution >= 0.6 is 0 Å². The van der Waals surface area contributed by atoms with Crippen LogP contribution in [0, 0.1) is 22.9 Å². The quantitative estimate of drug-likeness (QED) is 0.295. The van der Waals surface area contributed by atoms with Gasteiger partial charge < -0.3 is 20.9 Å². The van der Waals surface area contributed by atoms with Gasteiger partial charge in [0.1, 0.15) is 18.9 Å². The first-order valence-corrected chi connectivity index (χ1v) is 6.00. The SMILES string of the molecule is CC[n+]1ccn(CCOCCOC)c1.N#CN.N#CN. The number of rotatable bonds is 7. The molecule has 0 aliphatic heterocycles. The second-order valence-corrected chi connectivity index (χ2v) is 3.35. The van der Waals surface area contributed by atoms with E-state index in [0.717, 1.165) is 19.7 Å². The zero-order chi connectivity index (χ0) is 15.6. The van der Waals surface area contributed by atoms with Crippen molar-refractivity contribution in [3.05, 3.63) is 18.7 Å². The van der Waals surface area contributed by atoms with Gasteiger partial charge in [0.15, 0.2) is 12.4 Å². The van der Waals surface area contributed by atoms with E-state index >= 15 is 0 Å². The molecule has 0 saturated heterocycles. The number of imidazole rings is 1. The Morgan fingerprint density at radius 2 is 1.80 bits per heavy atom. The molecule has 0 saturated carbocycles. The first-order chi connectivity index (χ1) is 9.69. The lowest BCUT2D eigenvalue weighted by atomic mass is 10.6. The largest absolute Gasteiger partial charge is 0.382 e. The van der Waals surface area contributed by atoms with E-state index in [1.54, 1.807) is 7.11 Å². The van der Waals surface area contributed by atoms with E-state index in [4.69, 9.17) is 20.0 Å². The number of aromatic nitrogens is 2. The highest BCUT2D eigenvalue weighted by atomic mass is 16.5. The Morgan fingerprint density at radius 3 is 2.25 bits per heavy atom. The van der Waals surface area contributed by atoms with Gasteiger partial charge in [-0.1, -0.05) is 0 Å². The second kappa shape index (κ2) is 16.7. The number of ether oxygens (including phenoxy) is 2. The lowest BCUT2D eigenvalue weighted by Crippen LogP contribution is -2.29. The molecule has 0 unspecified atom stereocenters. The Hall–Kier alpha value is -2.29. The third kappa shape index (κ3) is 13.8. The molecule has 1 heterocycles. The summed E-state index contributed by atoms with van der Waals surface area (Å²) in [5, 5.41) is 14.2.